The summed E-state index contributed by atoms with van der Waals surface area (Å²) in [6.45, 7) is 2.70. The van der Waals surface area contributed by atoms with Gasteiger partial charge in [0.05, 0.1) is 6.61 Å². The maximum atomic E-state index is 11.9. The minimum absolute atomic E-state index is 0.195. The Labute approximate surface area is 141 Å². The standard InChI is InChI=1S/C18H24N2O4/c1-13-5-7-14(8-6-13)20-17(22)16(21)19-11-15-12-23-18(24-15)9-3-2-4-10-18/h5-8,15H,2-4,9-12H2,1H3,(H,19,21)(H,20,22)/t15-/m0/s1. The Morgan fingerprint density at radius 2 is 1.83 bits per heavy atom. The molecule has 2 N–H and O–H groups in total. The van der Waals surface area contributed by atoms with Crippen molar-refractivity contribution in [1.82, 2.24) is 5.32 Å². The number of amides is 2. The zero-order valence-electron chi connectivity index (χ0n) is 14.0. The van der Waals surface area contributed by atoms with Crippen LogP contribution >= 0.6 is 0 Å². The van der Waals surface area contributed by atoms with Crippen LogP contribution in [-0.4, -0.2) is 36.9 Å². The molecular formula is C18H24N2O4. The monoisotopic (exact) mass is 332 g/mol. The number of hydrogen-bond donors (Lipinski definition) is 2. The number of nitrogens with one attached hydrogen (secondary N) is 2. The fourth-order valence-corrected chi connectivity index (χ4v) is 3.18. The topological polar surface area (TPSA) is 76.7 Å². The second-order valence-corrected chi connectivity index (χ2v) is 6.55. The lowest BCUT2D eigenvalue weighted by molar-refractivity contribution is -0.186. The van der Waals surface area contributed by atoms with Crippen LogP contribution in [0.2, 0.25) is 0 Å². The highest BCUT2D eigenvalue weighted by atomic mass is 16.7. The molecule has 1 heterocycles. The van der Waals surface area contributed by atoms with Crippen LogP contribution in [0.1, 0.15) is 37.7 Å². The number of benzene rings is 1. The van der Waals surface area contributed by atoms with Crippen LogP contribution < -0.4 is 10.6 Å². The molecule has 6 heteroatoms. The minimum atomic E-state index is -0.676. The van der Waals surface area contributed by atoms with Crippen LogP contribution in [0.4, 0.5) is 5.69 Å². The van der Waals surface area contributed by atoms with Gasteiger partial charge in [-0.15, -0.1) is 0 Å². The first-order chi connectivity index (χ1) is 11.6. The normalized spacial score (nSPS) is 22.3. The molecule has 0 aromatic heterocycles. The summed E-state index contributed by atoms with van der Waals surface area (Å²) < 4.78 is 11.8. The molecule has 6 nitrogen and oxygen atoms in total. The van der Waals surface area contributed by atoms with Gasteiger partial charge < -0.3 is 20.1 Å². The number of aryl methyl sites for hydroxylation is 1. The van der Waals surface area contributed by atoms with E-state index < -0.39 is 17.6 Å². The van der Waals surface area contributed by atoms with E-state index in [-0.39, 0.29) is 12.6 Å². The molecule has 1 atom stereocenters. The predicted molar refractivity (Wildman–Crippen MR) is 89.5 cm³/mol. The highest BCUT2D eigenvalue weighted by molar-refractivity contribution is 6.39. The lowest BCUT2D eigenvalue weighted by atomic mass is 9.94. The molecule has 0 bridgehead atoms. The molecule has 0 radical (unpaired) electrons. The van der Waals surface area contributed by atoms with Gasteiger partial charge in [-0.1, -0.05) is 24.1 Å². The molecule has 0 unspecified atom stereocenters. The van der Waals surface area contributed by atoms with Gasteiger partial charge in [0, 0.05) is 25.1 Å². The number of carbonyl (C=O) groups is 2. The summed E-state index contributed by atoms with van der Waals surface area (Å²) in [4.78, 5) is 23.8. The number of hydrogen-bond acceptors (Lipinski definition) is 4. The molecule has 2 amide bonds. The van der Waals surface area contributed by atoms with Crippen molar-refractivity contribution in [2.75, 3.05) is 18.5 Å². The van der Waals surface area contributed by atoms with Gasteiger partial charge in [0.2, 0.25) is 0 Å². The first kappa shape index (κ1) is 16.9. The smallest absolute Gasteiger partial charge is 0.313 e. The third-order valence-corrected chi connectivity index (χ3v) is 4.54. The third kappa shape index (κ3) is 4.13. The number of rotatable bonds is 3. The average molecular weight is 332 g/mol. The van der Waals surface area contributed by atoms with Gasteiger partial charge in [-0.2, -0.15) is 0 Å². The minimum Gasteiger partial charge on any atom is -0.347 e. The first-order valence-electron chi connectivity index (χ1n) is 8.54. The molecule has 1 saturated carbocycles. The van der Waals surface area contributed by atoms with Crippen molar-refractivity contribution in [3.8, 4) is 0 Å². The van der Waals surface area contributed by atoms with Gasteiger partial charge in [0.15, 0.2) is 5.79 Å². The van der Waals surface area contributed by atoms with Gasteiger partial charge in [-0.25, -0.2) is 0 Å². The Morgan fingerprint density at radius 1 is 1.12 bits per heavy atom. The summed E-state index contributed by atoms with van der Waals surface area (Å²) in [5, 5.41) is 5.20. The zero-order chi connectivity index (χ0) is 17.0. The van der Waals surface area contributed by atoms with Gasteiger partial charge in [-0.3, -0.25) is 9.59 Å². The SMILES string of the molecule is Cc1ccc(NC(=O)C(=O)NC[C@H]2COC3(CCCCC3)O2)cc1. The van der Waals surface area contributed by atoms with Crippen LogP contribution in [-0.2, 0) is 19.1 Å². The van der Waals surface area contributed by atoms with E-state index in [1.165, 1.54) is 6.42 Å². The zero-order valence-corrected chi connectivity index (χ0v) is 14.0. The lowest BCUT2D eigenvalue weighted by Crippen LogP contribution is -2.41. The Hall–Kier alpha value is -1.92. The third-order valence-electron chi connectivity index (χ3n) is 4.54. The largest absolute Gasteiger partial charge is 0.347 e. The van der Waals surface area contributed by atoms with Crippen LogP contribution in [0, 0.1) is 6.92 Å². The van der Waals surface area contributed by atoms with Crippen LogP contribution in [0.5, 0.6) is 0 Å². The van der Waals surface area contributed by atoms with E-state index in [9.17, 15) is 9.59 Å². The molecule has 2 aliphatic rings. The molecule has 130 valence electrons. The van der Waals surface area contributed by atoms with E-state index in [1.54, 1.807) is 12.1 Å². The summed E-state index contributed by atoms with van der Waals surface area (Å²) in [5.74, 6) is -1.80. The Morgan fingerprint density at radius 3 is 2.54 bits per heavy atom. The summed E-state index contributed by atoms with van der Waals surface area (Å²) in [7, 11) is 0. The van der Waals surface area contributed by atoms with Crippen molar-refractivity contribution >= 4 is 17.5 Å². The molecule has 1 spiro atoms. The Balaban J connectivity index is 1.43. The van der Waals surface area contributed by atoms with Crippen LogP contribution in [0.15, 0.2) is 24.3 Å². The second-order valence-electron chi connectivity index (χ2n) is 6.55. The molecule has 2 fully saturated rings. The van der Waals surface area contributed by atoms with Gasteiger partial charge >= 0.3 is 11.8 Å². The highest BCUT2D eigenvalue weighted by Crippen LogP contribution is 2.37. The fourth-order valence-electron chi connectivity index (χ4n) is 3.18. The highest BCUT2D eigenvalue weighted by Gasteiger charge is 2.42. The van der Waals surface area contributed by atoms with Crippen molar-refractivity contribution in [3.63, 3.8) is 0 Å². The van der Waals surface area contributed by atoms with Gasteiger partial charge in [0.1, 0.15) is 6.10 Å². The van der Waals surface area contributed by atoms with Crippen molar-refractivity contribution in [1.29, 1.82) is 0 Å². The van der Waals surface area contributed by atoms with Crippen LogP contribution in [0.3, 0.4) is 0 Å². The van der Waals surface area contributed by atoms with E-state index in [1.807, 2.05) is 19.1 Å². The second kappa shape index (κ2) is 7.32. The van der Waals surface area contributed by atoms with Crippen LogP contribution in [0.25, 0.3) is 0 Å². The maximum Gasteiger partial charge on any atom is 0.313 e. The summed E-state index contributed by atoms with van der Waals surface area (Å²) >= 11 is 0. The van der Waals surface area contributed by atoms with Crippen molar-refractivity contribution in [2.45, 2.75) is 50.9 Å². The van der Waals surface area contributed by atoms with E-state index in [0.717, 1.165) is 31.2 Å². The van der Waals surface area contributed by atoms with E-state index in [4.69, 9.17) is 9.47 Å². The predicted octanol–water partition coefficient (Wildman–Crippen LogP) is 2.13. The number of carbonyl (C=O) groups excluding carboxylic acids is 2. The van der Waals surface area contributed by atoms with E-state index in [0.29, 0.717) is 12.3 Å². The molecule has 1 aliphatic carbocycles. The summed E-state index contributed by atoms with van der Waals surface area (Å²) in [6, 6.07) is 7.28. The lowest BCUT2D eigenvalue weighted by Gasteiger charge is -2.31. The average Bonchev–Trinajstić information content (AvgIpc) is 2.98. The van der Waals surface area contributed by atoms with Gasteiger partial charge in [0.25, 0.3) is 0 Å². The molecule has 1 saturated heterocycles. The maximum absolute atomic E-state index is 11.9. The fraction of sp³-hybridized carbons (Fsp3) is 0.556. The van der Waals surface area contributed by atoms with Crippen molar-refractivity contribution in [2.24, 2.45) is 0 Å². The van der Waals surface area contributed by atoms with Crippen molar-refractivity contribution in [3.05, 3.63) is 29.8 Å². The van der Waals surface area contributed by atoms with E-state index in [2.05, 4.69) is 10.6 Å². The number of ether oxygens (including phenoxy) is 2. The molecule has 1 aromatic rings. The first-order valence-corrected chi connectivity index (χ1v) is 8.54. The summed E-state index contributed by atoms with van der Waals surface area (Å²) in [6.07, 6.45) is 5.06. The summed E-state index contributed by atoms with van der Waals surface area (Å²) in [5.41, 5.74) is 1.69. The molecule has 24 heavy (non-hydrogen) atoms. The molecule has 1 aromatic carbocycles. The molecule has 3 rings (SSSR count). The molecule has 1 aliphatic heterocycles. The van der Waals surface area contributed by atoms with Gasteiger partial charge in [-0.05, 0) is 31.9 Å². The van der Waals surface area contributed by atoms with E-state index >= 15 is 0 Å². The van der Waals surface area contributed by atoms with Crippen molar-refractivity contribution < 1.29 is 19.1 Å². The Kier molecular flexibility index (Phi) is 5.16. The molecular weight excluding hydrogens is 308 g/mol. The Bertz CT molecular complexity index is 594. The number of anilines is 1. The quantitative estimate of drug-likeness (QED) is 0.831.